The first-order valence-corrected chi connectivity index (χ1v) is 4.45. The number of aromatic nitrogens is 2. The van der Waals surface area contributed by atoms with Crippen molar-refractivity contribution in [2.45, 2.75) is 13.0 Å². The van der Waals surface area contributed by atoms with Crippen molar-refractivity contribution in [1.82, 2.24) is 9.97 Å². The molecule has 1 aromatic heterocycles. The number of nitrogens with one attached hydrogen (secondary N) is 1. The molecule has 0 aliphatic rings. The number of rotatable bonds is 5. The second-order valence-corrected chi connectivity index (χ2v) is 3.06. The molecule has 0 bridgehead atoms. The largest absolute Gasteiger partial charge is 0.476 e. The van der Waals surface area contributed by atoms with Crippen molar-refractivity contribution in [2.24, 2.45) is 0 Å². The Kier molecular flexibility index (Phi) is 3.99. The fraction of sp³-hybridized carbons (Fsp3) is 0.444. The average Bonchev–Trinajstić information content (AvgIpc) is 2.18. The summed E-state index contributed by atoms with van der Waals surface area (Å²) in [6.45, 7) is 2.33. The van der Waals surface area contributed by atoms with Crippen molar-refractivity contribution in [3.8, 4) is 0 Å². The summed E-state index contributed by atoms with van der Waals surface area (Å²) in [4.78, 5) is 18.4. The first kappa shape index (κ1) is 11.4. The molecule has 82 valence electrons. The molecule has 0 radical (unpaired) electrons. The maximum atomic E-state index is 10.8. The molecule has 1 heterocycles. The predicted molar refractivity (Wildman–Crippen MR) is 54.0 cm³/mol. The van der Waals surface area contributed by atoms with Gasteiger partial charge in [0, 0.05) is 25.5 Å². The second kappa shape index (κ2) is 5.26. The molecule has 0 aliphatic heterocycles. The van der Waals surface area contributed by atoms with Crippen LogP contribution in [-0.2, 0) is 4.74 Å². The van der Waals surface area contributed by atoms with Crippen LogP contribution in [0.2, 0.25) is 0 Å². The molecular weight excluding hydrogens is 198 g/mol. The summed E-state index contributed by atoms with van der Waals surface area (Å²) in [5, 5.41) is 11.7. The molecule has 1 unspecified atom stereocenters. The second-order valence-electron chi connectivity index (χ2n) is 3.06. The number of aromatic carboxylic acids is 1. The number of anilines is 1. The maximum Gasteiger partial charge on any atom is 0.358 e. The molecule has 2 N–H and O–H groups in total. The highest BCUT2D eigenvalue weighted by molar-refractivity contribution is 5.90. The van der Waals surface area contributed by atoms with Crippen LogP contribution < -0.4 is 5.32 Å². The number of carboxylic acids is 1. The van der Waals surface area contributed by atoms with Gasteiger partial charge in [0.05, 0.1) is 6.61 Å². The Morgan fingerprint density at radius 3 is 2.87 bits per heavy atom. The third-order valence-corrected chi connectivity index (χ3v) is 1.70. The molecule has 0 saturated heterocycles. The minimum atomic E-state index is -1.10. The lowest BCUT2D eigenvalue weighted by atomic mass is 10.3. The lowest BCUT2D eigenvalue weighted by molar-refractivity contribution is 0.0691. The van der Waals surface area contributed by atoms with E-state index in [-0.39, 0.29) is 17.6 Å². The van der Waals surface area contributed by atoms with Gasteiger partial charge in [0.2, 0.25) is 0 Å². The van der Waals surface area contributed by atoms with Gasteiger partial charge in [-0.05, 0) is 6.92 Å². The molecule has 1 rings (SSSR count). The zero-order chi connectivity index (χ0) is 11.3. The van der Waals surface area contributed by atoms with E-state index in [0.717, 1.165) is 0 Å². The lowest BCUT2D eigenvalue weighted by Gasteiger charge is -2.13. The van der Waals surface area contributed by atoms with Crippen LogP contribution in [0, 0.1) is 0 Å². The summed E-state index contributed by atoms with van der Waals surface area (Å²) in [6.07, 6.45) is 2.78. The highest BCUT2D eigenvalue weighted by Gasteiger charge is 2.13. The van der Waals surface area contributed by atoms with Crippen LogP contribution in [0.25, 0.3) is 0 Å². The molecule has 1 atom stereocenters. The van der Waals surface area contributed by atoms with Gasteiger partial charge >= 0.3 is 5.97 Å². The van der Waals surface area contributed by atoms with E-state index in [4.69, 9.17) is 9.84 Å². The van der Waals surface area contributed by atoms with Gasteiger partial charge < -0.3 is 15.2 Å². The normalized spacial score (nSPS) is 12.1. The third kappa shape index (κ3) is 3.17. The minimum Gasteiger partial charge on any atom is -0.476 e. The molecule has 1 aromatic rings. The molecule has 0 aliphatic carbocycles. The summed E-state index contributed by atoms with van der Waals surface area (Å²) < 4.78 is 4.92. The number of hydrogen-bond acceptors (Lipinski definition) is 5. The number of methoxy groups -OCH3 is 1. The van der Waals surface area contributed by atoms with E-state index in [9.17, 15) is 4.79 Å². The molecular formula is C9H13N3O3. The Hall–Kier alpha value is -1.69. The molecule has 0 spiro atoms. The van der Waals surface area contributed by atoms with Crippen molar-refractivity contribution < 1.29 is 14.6 Å². The van der Waals surface area contributed by atoms with Crippen molar-refractivity contribution in [1.29, 1.82) is 0 Å². The van der Waals surface area contributed by atoms with Crippen molar-refractivity contribution in [3.63, 3.8) is 0 Å². The quantitative estimate of drug-likeness (QED) is 0.742. The predicted octanol–water partition coefficient (Wildman–Crippen LogP) is 0.622. The first-order chi connectivity index (χ1) is 7.15. The van der Waals surface area contributed by atoms with Crippen LogP contribution in [0.3, 0.4) is 0 Å². The van der Waals surface area contributed by atoms with Crippen molar-refractivity contribution >= 4 is 11.8 Å². The number of ether oxygens (including phenoxy) is 1. The van der Waals surface area contributed by atoms with E-state index >= 15 is 0 Å². The fourth-order valence-corrected chi connectivity index (χ4v) is 1.13. The van der Waals surface area contributed by atoms with Crippen LogP contribution in [-0.4, -0.2) is 40.8 Å². The third-order valence-electron chi connectivity index (χ3n) is 1.70. The maximum absolute atomic E-state index is 10.8. The Morgan fingerprint density at radius 2 is 2.27 bits per heavy atom. The van der Waals surface area contributed by atoms with Gasteiger partial charge in [-0.25, -0.2) is 14.8 Å². The molecule has 6 heteroatoms. The van der Waals surface area contributed by atoms with Gasteiger partial charge in [-0.15, -0.1) is 0 Å². The van der Waals surface area contributed by atoms with Crippen LogP contribution in [0.4, 0.5) is 5.82 Å². The van der Waals surface area contributed by atoms with Crippen LogP contribution >= 0.6 is 0 Å². The van der Waals surface area contributed by atoms with Gasteiger partial charge in [0.15, 0.2) is 11.5 Å². The van der Waals surface area contributed by atoms with Gasteiger partial charge in [0.1, 0.15) is 0 Å². The number of carboxylic acid groups (broad SMARTS) is 1. The van der Waals surface area contributed by atoms with Gasteiger partial charge in [0.25, 0.3) is 0 Å². The fourth-order valence-electron chi connectivity index (χ4n) is 1.13. The van der Waals surface area contributed by atoms with Crippen LogP contribution in [0.5, 0.6) is 0 Å². The number of hydrogen-bond donors (Lipinski definition) is 2. The Bertz CT molecular complexity index is 343. The summed E-state index contributed by atoms with van der Waals surface area (Å²) in [5.74, 6) is -0.843. The number of nitrogens with zero attached hydrogens (tertiary/aromatic N) is 2. The smallest absolute Gasteiger partial charge is 0.358 e. The molecule has 15 heavy (non-hydrogen) atoms. The standard InChI is InChI=1S/C9H13N3O3/c1-6(5-15-2)12-8-7(9(13)14)10-3-4-11-8/h3-4,6H,5H2,1-2H3,(H,11,12)(H,13,14). The van der Waals surface area contributed by atoms with Gasteiger partial charge in [-0.3, -0.25) is 0 Å². The minimum absolute atomic E-state index is 0.0233. The summed E-state index contributed by atoms with van der Waals surface area (Å²) >= 11 is 0. The van der Waals surface area contributed by atoms with E-state index in [1.807, 2.05) is 6.92 Å². The molecule has 0 fully saturated rings. The Balaban J connectivity index is 2.79. The zero-order valence-corrected chi connectivity index (χ0v) is 8.60. The van der Waals surface area contributed by atoms with Gasteiger partial charge in [-0.1, -0.05) is 0 Å². The molecule has 0 aromatic carbocycles. The van der Waals surface area contributed by atoms with Gasteiger partial charge in [-0.2, -0.15) is 0 Å². The monoisotopic (exact) mass is 211 g/mol. The highest BCUT2D eigenvalue weighted by Crippen LogP contribution is 2.09. The SMILES string of the molecule is COCC(C)Nc1nccnc1C(=O)O. The summed E-state index contributed by atoms with van der Waals surface area (Å²) in [5.41, 5.74) is -0.0829. The Morgan fingerprint density at radius 1 is 1.60 bits per heavy atom. The molecule has 6 nitrogen and oxygen atoms in total. The summed E-state index contributed by atoms with van der Waals surface area (Å²) in [6, 6.07) is -0.0233. The van der Waals surface area contributed by atoms with Crippen LogP contribution in [0.15, 0.2) is 12.4 Å². The lowest BCUT2D eigenvalue weighted by Crippen LogP contribution is -2.23. The van der Waals surface area contributed by atoms with Crippen LogP contribution in [0.1, 0.15) is 17.4 Å². The zero-order valence-electron chi connectivity index (χ0n) is 8.60. The van der Waals surface area contributed by atoms with E-state index in [1.165, 1.54) is 12.4 Å². The number of carbonyl (C=O) groups is 1. The molecule has 0 amide bonds. The van der Waals surface area contributed by atoms with Crippen molar-refractivity contribution in [2.75, 3.05) is 19.0 Å². The van der Waals surface area contributed by atoms with E-state index in [2.05, 4.69) is 15.3 Å². The highest BCUT2D eigenvalue weighted by atomic mass is 16.5. The Labute approximate surface area is 87.3 Å². The summed E-state index contributed by atoms with van der Waals surface area (Å²) in [7, 11) is 1.58. The van der Waals surface area contributed by atoms with E-state index in [1.54, 1.807) is 7.11 Å². The topological polar surface area (TPSA) is 84.3 Å². The van der Waals surface area contributed by atoms with E-state index < -0.39 is 5.97 Å². The van der Waals surface area contributed by atoms with Crippen molar-refractivity contribution in [3.05, 3.63) is 18.1 Å². The van der Waals surface area contributed by atoms with E-state index in [0.29, 0.717) is 6.61 Å². The first-order valence-electron chi connectivity index (χ1n) is 4.45. The molecule has 0 saturated carbocycles. The average molecular weight is 211 g/mol.